The first-order valence-electron chi connectivity index (χ1n) is 10.8. The molecule has 1 fully saturated rings. The van der Waals surface area contributed by atoms with Gasteiger partial charge in [0, 0.05) is 0 Å². The molecule has 0 aliphatic carbocycles. The summed E-state index contributed by atoms with van der Waals surface area (Å²) in [5.41, 5.74) is 2.46. The second kappa shape index (κ2) is 8.89. The van der Waals surface area contributed by atoms with E-state index >= 15 is 0 Å². The van der Waals surface area contributed by atoms with Gasteiger partial charge in [-0.3, -0.25) is 0 Å². The average Bonchev–Trinajstić information content (AvgIpc) is 3.48. The Hall–Kier alpha value is -2.75. The van der Waals surface area contributed by atoms with Crippen LogP contribution >= 0.6 is 0 Å². The maximum atomic E-state index is 13.7. The zero-order valence-corrected chi connectivity index (χ0v) is 21.7. The second-order valence-corrected chi connectivity index (χ2v) is 11.8. The van der Waals surface area contributed by atoms with Crippen molar-refractivity contribution in [2.75, 3.05) is 31.7 Å². The number of amides is 1. The first kappa shape index (κ1) is 22.1. The third-order valence-electron chi connectivity index (χ3n) is 5.91. The summed E-state index contributed by atoms with van der Waals surface area (Å²) < 4.78 is 7.52. The summed E-state index contributed by atoms with van der Waals surface area (Å²) in [4.78, 5) is 22.7. The molecule has 1 radical (unpaired) electrons. The van der Waals surface area contributed by atoms with Gasteiger partial charge in [-0.25, -0.2) is 0 Å². The molecule has 8 nitrogen and oxygen atoms in total. The first-order valence-corrected chi connectivity index (χ1v) is 12.4. The number of nitrogens with one attached hydrogen (secondary N) is 1. The number of benzene rings is 1. The van der Waals surface area contributed by atoms with Crippen molar-refractivity contribution >= 4 is 47.8 Å². The molecule has 0 saturated carbocycles. The van der Waals surface area contributed by atoms with E-state index in [-0.39, 0.29) is 9.10 Å². The summed E-state index contributed by atoms with van der Waals surface area (Å²) in [7, 11) is 1.84. The van der Waals surface area contributed by atoms with Crippen LogP contribution < -0.4 is 4.90 Å². The van der Waals surface area contributed by atoms with Gasteiger partial charge in [-0.05, 0) is 0 Å². The predicted octanol–water partition coefficient (Wildman–Crippen LogP) is 2.74. The third kappa shape index (κ3) is 4.28. The van der Waals surface area contributed by atoms with E-state index in [0.717, 1.165) is 34.8 Å². The number of hydrogen-bond acceptors (Lipinski definition) is 5. The molecule has 1 aliphatic rings. The summed E-state index contributed by atoms with van der Waals surface area (Å²) in [5.74, 6) is 1.56. The third-order valence-corrected chi connectivity index (χ3v) is 7.22. The summed E-state index contributed by atoms with van der Waals surface area (Å²) in [6.45, 7) is 4.72. The number of anilines is 1. The summed E-state index contributed by atoms with van der Waals surface area (Å²) >= 11 is 1.40. The van der Waals surface area contributed by atoms with Gasteiger partial charge in [0.1, 0.15) is 0 Å². The van der Waals surface area contributed by atoms with Crippen LogP contribution in [-0.4, -0.2) is 85.6 Å². The average molecular weight is 639 g/mol. The van der Waals surface area contributed by atoms with E-state index < -0.39 is 0 Å². The van der Waals surface area contributed by atoms with Crippen LogP contribution in [-0.2, 0) is 11.3 Å². The predicted molar refractivity (Wildman–Crippen MR) is 128 cm³/mol. The van der Waals surface area contributed by atoms with E-state index in [1.54, 1.807) is 11.1 Å². The van der Waals surface area contributed by atoms with Gasteiger partial charge in [-0.15, -0.1) is 0 Å². The van der Waals surface area contributed by atoms with Crippen molar-refractivity contribution in [3.63, 3.8) is 0 Å². The summed E-state index contributed by atoms with van der Waals surface area (Å²) in [6, 6.07) is 15.8. The molecule has 0 spiro atoms. The van der Waals surface area contributed by atoms with Crippen LogP contribution in [0.1, 0.15) is 22.8 Å². The van der Waals surface area contributed by atoms with E-state index in [9.17, 15) is 4.79 Å². The molecule has 1 N–H and O–H groups in total. The van der Waals surface area contributed by atoms with Gasteiger partial charge >= 0.3 is 208 Å². The maximum absolute atomic E-state index is 13.7. The van der Waals surface area contributed by atoms with Gasteiger partial charge < -0.3 is 0 Å². The Morgan fingerprint density at radius 2 is 2.09 bits per heavy atom. The van der Waals surface area contributed by atoms with Crippen LogP contribution in [0.5, 0.6) is 0 Å². The zero-order valence-electron chi connectivity index (χ0n) is 18.6. The van der Waals surface area contributed by atoms with Crippen molar-refractivity contribution in [2.45, 2.75) is 16.7 Å². The molecule has 1 saturated heterocycles. The number of ether oxygens (including phenoxy) is 1. The minimum atomic E-state index is -0.152. The summed E-state index contributed by atoms with van der Waals surface area (Å²) in [5, 5.41) is 7.90. The van der Waals surface area contributed by atoms with Crippen molar-refractivity contribution in [1.82, 2.24) is 24.6 Å². The van der Waals surface area contributed by atoms with Gasteiger partial charge in [0.25, 0.3) is 0 Å². The van der Waals surface area contributed by atoms with Gasteiger partial charge in [0.15, 0.2) is 0 Å². The molecule has 1 aliphatic heterocycles. The number of hydrogen-bond donors (Lipinski definition) is 1. The first-order chi connectivity index (χ1) is 15.9. The fourth-order valence-electron chi connectivity index (χ4n) is 4.21. The van der Waals surface area contributed by atoms with Crippen LogP contribution in [0.4, 0.5) is 5.82 Å². The van der Waals surface area contributed by atoms with E-state index in [2.05, 4.69) is 22.0 Å². The molecule has 1 amide bonds. The van der Waals surface area contributed by atoms with Crippen LogP contribution in [0, 0.1) is 0 Å². The molecule has 5 rings (SSSR count). The van der Waals surface area contributed by atoms with Crippen molar-refractivity contribution in [3.05, 3.63) is 72.1 Å². The van der Waals surface area contributed by atoms with Gasteiger partial charge in [-0.2, -0.15) is 0 Å². The Morgan fingerprint density at radius 1 is 1.27 bits per heavy atom. The number of fused-ring (bicyclic) bond motifs is 1. The van der Waals surface area contributed by atoms with Crippen molar-refractivity contribution < 1.29 is 9.53 Å². The molecule has 4 aromatic rings. The number of rotatable bonds is 5. The van der Waals surface area contributed by atoms with Crippen molar-refractivity contribution in [3.8, 4) is 5.82 Å². The van der Waals surface area contributed by atoms with Crippen LogP contribution in [0.25, 0.3) is 16.9 Å². The molecule has 169 valence electrons. The Bertz CT molecular complexity index is 1270. The molecule has 9 heteroatoms. The van der Waals surface area contributed by atoms with Crippen LogP contribution in [0.15, 0.2) is 60.9 Å². The van der Waals surface area contributed by atoms with E-state index in [0.29, 0.717) is 25.3 Å². The Morgan fingerprint density at radius 3 is 2.82 bits per heavy atom. The van der Waals surface area contributed by atoms with E-state index in [4.69, 9.17) is 9.72 Å². The minimum absolute atomic E-state index is 0.0340. The molecule has 1 atom stereocenters. The number of nitrogens with zero attached hydrogens (tertiary/aromatic N) is 5. The normalized spacial score (nSPS) is 18.6. The molecule has 3 aromatic heterocycles. The molecular formula is C24H25N6O2Po. The standard InChI is InChI=1S/C24H25N6O2.Po/c1-17-16-32-13-12-29(17)22-14-20(24(31)28(2)15-18-6-4-3-5-7-18)19-9-11-30(23(19)26-22)21-8-10-25-27-21;/h3-11,14H,12-13,15-16H2,1-2H3,(H,25,27);. The summed E-state index contributed by atoms with van der Waals surface area (Å²) in [6.07, 6.45) is 3.64. The number of carbonyl (C=O) groups excluding carboxylic acids is 1. The van der Waals surface area contributed by atoms with E-state index in [1.807, 2.05) is 66.3 Å². The number of carbonyl (C=O) groups is 1. The monoisotopic (exact) mass is 638 g/mol. The number of pyridine rings is 1. The van der Waals surface area contributed by atoms with Crippen molar-refractivity contribution in [1.29, 1.82) is 0 Å². The Kier molecular flexibility index (Phi) is 5.94. The molecule has 4 heterocycles. The van der Waals surface area contributed by atoms with Crippen molar-refractivity contribution in [2.24, 2.45) is 0 Å². The number of H-pyrrole nitrogens is 1. The zero-order chi connectivity index (χ0) is 23.0. The Labute approximate surface area is 207 Å². The van der Waals surface area contributed by atoms with Gasteiger partial charge in [0.2, 0.25) is 0 Å². The fourth-order valence-corrected chi connectivity index (χ4v) is 5.25. The van der Waals surface area contributed by atoms with Gasteiger partial charge in [0.05, 0.1) is 0 Å². The molecular weight excluding hydrogens is 613 g/mol. The van der Waals surface area contributed by atoms with Crippen LogP contribution in [0.3, 0.4) is 0 Å². The fraction of sp³-hybridized carbons (Fsp3) is 0.292. The number of aromatic amines is 1. The molecule has 33 heavy (non-hydrogen) atoms. The topological polar surface area (TPSA) is 79.3 Å². The number of aromatic nitrogens is 4. The number of morpholine rings is 1. The van der Waals surface area contributed by atoms with Gasteiger partial charge in [-0.1, -0.05) is 0 Å². The quantitative estimate of drug-likeness (QED) is 0.364. The SMILES string of the molecule is CN(Cc1ccccc1)C(=O)c1cc(N2CCOC[C@@]2(C)[Po])nc2c1ccn2-c1ccn[nH]1. The van der Waals surface area contributed by atoms with Crippen LogP contribution in [0.2, 0.25) is 0 Å². The Balaban J connectivity index is 1.61. The molecule has 1 aromatic carbocycles. The van der Waals surface area contributed by atoms with E-state index in [1.165, 1.54) is 25.1 Å². The molecule has 0 unspecified atom stereocenters. The second-order valence-electron chi connectivity index (χ2n) is 8.42. The molecule has 0 bridgehead atoms.